The molecule has 1 aromatic heterocycles. The first-order chi connectivity index (χ1) is 9.63. The van der Waals surface area contributed by atoms with E-state index < -0.39 is 0 Å². The van der Waals surface area contributed by atoms with Crippen LogP contribution in [0.25, 0.3) is 0 Å². The first-order valence-corrected chi connectivity index (χ1v) is 7.29. The third-order valence-electron chi connectivity index (χ3n) is 3.54. The van der Waals surface area contributed by atoms with Gasteiger partial charge in [-0.25, -0.2) is 4.68 Å². The summed E-state index contributed by atoms with van der Waals surface area (Å²) in [7, 11) is 1.59. The van der Waals surface area contributed by atoms with Crippen LogP contribution in [0.4, 0.5) is 5.69 Å². The second-order valence-corrected chi connectivity index (χ2v) is 5.35. The summed E-state index contributed by atoms with van der Waals surface area (Å²) in [4.78, 5) is 13.9. The Kier molecular flexibility index (Phi) is 5.39. The third-order valence-corrected chi connectivity index (χ3v) is 3.90. The predicted octanol–water partition coefficient (Wildman–Crippen LogP) is 0.768. The van der Waals surface area contributed by atoms with Gasteiger partial charge in [0, 0.05) is 26.7 Å². The van der Waals surface area contributed by atoms with Crippen molar-refractivity contribution in [3.05, 3.63) is 21.6 Å². The van der Waals surface area contributed by atoms with Crippen molar-refractivity contribution in [2.24, 2.45) is 12.8 Å². The van der Waals surface area contributed by atoms with E-state index in [1.54, 1.807) is 13.2 Å². The van der Waals surface area contributed by atoms with Crippen LogP contribution in [-0.2, 0) is 11.8 Å². The van der Waals surface area contributed by atoms with E-state index in [0.717, 1.165) is 44.6 Å². The average molecular weight is 301 g/mol. The minimum Gasteiger partial charge on any atom is -0.378 e. The Labute approximate surface area is 123 Å². The number of nitrogens with zero attached hydrogens (tertiary/aromatic N) is 3. The van der Waals surface area contributed by atoms with Crippen LogP contribution >= 0.6 is 11.6 Å². The Balaban J connectivity index is 1.94. The van der Waals surface area contributed by atoms with Crippen LogP contribution < -0.4 is 16.2 Å². The van der Waals surface area contributed by atoms with Crippen LogP contribution in [0.2, 0.25) is 5.02 Å². The Bertz CT molecular complexity index is 498. The van der Waals surface area contributed by atoms with Crippen molar-refractivity contribution < 1.29 is 4.74 Å². The van der Waals surface area contributed by atoms with Gasteiger partial charge in [-0.05, 0) is 25.8 Å². The third kappa shape index (κ3) is 3.50. The molecule has 0 aliphatic carbocycles. The number of ether oxygens (including phenoxy) is 1. The zero-order valence-corrected chi connectivity index (χ0v) is 12.5. The van der Waals surface area contributed by atoms with Gasteiger partial charge in [0.05, 0.1) is 18.0 Å². The number of hydrogen-bond acceptors (Lipinski definition) is 5. The summed E-state index contributed by atoms with van der Waals surface area (Å²) in [5.41, 5.74) is 5.90. The fourth-order valence-corrected chi connectivity index (χ4v) is 2.61. The number of rotatable bonds is 5. The summed E-state index contributed by atoms with van der Waals surface area (Å²) in [5.74, 6) is 0. The molecule has 7 heteroatoms. The second-order valence-electron chi connectivity index (χ2n) is 4.97. The lowest BCUT2D eigenvalue weighted by Gasteiger charge is -2.33. The average Bonchev–Trinajstić information content (AvgIpc) is 2.46. The molecule has 0 spiro atoms. The summed E-state index contributed by atoms with van der Waals surface area (Å²) < 4.78 is 7.00. The number of aryl methyl sites for hydroxylation is 1. The molecule has 112 valence electrons. The van der Waals surface area contributed by atoms with Crippen molar-refractivity contribution in [1.29, 1.82) is 0 Å². The Morgan fingerprint density at radius 2 is 2.20 bits per heavy atom. The minimum absolute atomic E-state index is 0.241. The van der Waals surface area contributed by atoms with Crippen LogP contribution in [0.15, 0.2) is 11.0 Å². The van der Waals surface area contributed by atoms with Crippen molar-refractivity contribution in [3.63, 3.8) is 0 Å². The van der Waals surface area contributed by atoms with Crippen LogP contribution in [0, 0.1) is 0 Å². The summed E-state index contributed by atoms with van der Waals surface area (Å²) in [5, 5.41) is 4.27. The SMILES string of the molecule is Cn1ncc(N2CCC(OCCCN)CC2)c(Cl)c1=O. The fraction of sp³-hybridized carbons (Fsp3) is 0.692. The maximum atomic E-state index is 11.8. The molecule has 2 rings (SSSR count). The summed E-state index contributed by atoms with van der Waals surface area (Å²) in [6.45, 7) is 3.02. The quantitative estimate of drug-likeness (QED) is 0.813. The molecule has 0 aromatic carbocycles. The van der Waals surface area contributed by atoms with Crippen LogP contribution in [-0.4, -0.2) is 42.1 Å². The van der Waals surface area contributed by atoms with Crippen molar-refractivity contribution in [2.75, 3.05) is 31.1 Å². The van der Waals surface area contributed by atoms with E-state index in [1.807, 2.05) is 0 Å². The van der Waals surface area contributed by atoms with E-state index in [9.17, 15) is 4.79 Å². The number of piperidine rings is 1. The summed E-state index contributed by atoms with van der Waals surface area (Å²) in [6.07, 6.45) is 4.67. The highest BCUT2D eigenvalue weighted by atomic mass is 35.5. The molecule has 0 bridgehead atoms. The smallest absolute Gasteiger partial charge is 0.287 e. The molecule has 0 saturated carbocycles. The standard InChI is InChI=1S/C13H21ClN4O2/c1-17-13(19)12(14)11(9-16-17)18-6-3-10(4-7-18)20-8-2-5-15/h9-10H,2-8,15H2,1H3. The molecular formula is C13H21ClN4O2. The highest BCUT2D eigenvalue weighted by molar-refractivity contribution is 6.33. The largest absolute Gasteiger partial charge is 0.378 e. The van der Waals surface area contributed by atoms with Crippen molar-refractivity contribution >= 4 is 17.3 Å². The Morgan fingerprint density at radius 3 is 2.85 bits per heavy atom. The maximum absolute atomic E-state index is 11.8. The zero-order valence-electron chi connectivity index (χ0n) is 11.7. The molecule has 0 radical (unpaired) electrons. The highest BCUT2D eigenvalue weighted by Crippen LogP contribution is 2.25. The lowest BCUT2D eigenvalue weighted by atomic mass is 10.1. The predicted molar refractivity (Wildman–Crippen MR) is 79.3 cm³/mol. The highest BCUT2D eigenvalue weighted by Gasteiger charge is 2.22. The normalized spacial score (nSPS) is 16.6. The van der Waals surface area contributed by atoms with E-state index in [1.165, 1.54) is 4.68 Å². The lowest BCUT2D eigenvalue weighted by Crippen LogP contribution is -2.38. The van der Waals surface area contributed by atoms with Gasteiger partial charge < -0.3 is 15.4 Å². The molecular weight excluding hydrogens is 280 g/mol. The van der Waals surface area contributed by atoms with Gasteiger partial charge in [0.2, 0.25) is 0 Å². The first kappa shape index (κ1) is 15.3. The molecule has 1 fully saturated rings. The van der Waals surface area contributed by atoms with Gasteiger partial charge in [0.25, 0.3) is 5.56 Å². The van der Waals surface area contributed by atoms with Crippen molar-refractivity contribution in [3.8, 4) is 0 Å². The number of halogens is 1. The van der Waals surface area contributed by atoms with Gasteiger partial charge in [-0.2, -0.15) is 5.10 Å². The molecule has 1 aliphatic heterocycles. The van der Waals surface area contributed by atoms with Crippen molar-refractivity contribution in [2.45, 2.75) is 25.4 Å². The number of aromatic nitrogens is 2. The van der Waals surface area contributed by atoms with Gasteiger partial charge in [0.15, 0.2) is 0 Å². The molecule has 2 heterocycles. The monoisotopic (exact) mass is 300 g/mol. The fourth-order valence-electron chi connectivity index (χ4n) is 2.32. The molecule has 0 atom stereocenters. The first-order valence-electron chi connectivity index (χ1n) is 6.92. The number of nitrogens with two attached hydrogens (primary N) is 1. The Hall–Kier alpha value is -1.11. The van der Waals surface area contributed by atoms with Crippen molar-refractivity contribution in [1.82, 2.24) is 9.78 Å². The molecule has 1 saturated heterocycles. The van der Waals surface area contributed by atoms with Crippen LogP contribution in [0.1, 0.15) is 19.3 Å². The molecule has 0 unspecified atom stereocenters. The van der Waals surface area contributed by atoms with E-state index in [2.05, 4.69) is 10.00 Å². The van der Waals surface area contributed by atoms with Crippen LogP contribution in [0.5, 0.6) is 0 Å². The molecule has 1 aromatic rings. The van der Waals surface area contributed by atoms with Gasteiger partial charge in [-0.15, -0.1) is 0 Å². The second kappa shape index (κ2) is 7.06. The number of hydrogen-bond donors (Lipinski definition) is 1. The van der Waals surface area contributed by atoms with Gasteiger partial charge in [-0.1, -0.05) is 11.6 Å². The molecule has 2 N–H and O–H groups in total. The van der Waals surface area contributed by atoms with Gasteiger partial charge in [-0.3, -0.25) is 4.79 Å². The zero-order chi connectivity index (χ0) is 14.5. The lowest BCUT2D eigenvalue weighted by molar-refractivity contribution is 0.0366. The summed E-state index contributed by atoms with van der Waals surface area (Å²) >= 11 is 6.11. The minimum atomic E-state index is -0.259. The van der Waals surface area contributed by atoms with E-state index in [0.29, 0.717) is 6.54 Å². The Morgan fingerprint density at radius 1 is 1.50 bits per heavy atom. The van der Waals surface area contributed by atoms with E-state index in [-0.39, 0.29) is 16.7 Å². The van der Waals surface area contributed by atoms with E-state index in [4.69, 9.17) is 22.1 Å². The topological polar surface area (TPSA) is 73.4 Å². The molecule has 6 nitrogen and oxygen atoms in total. The molecule has 20 heavy (non-hydrogen) atoms. The molecule has 1 aliphatic rings. The van der Waals surface area contributed by atoms with E-state index >= 15 is 0 Å². The number of anilines is 1. The van der Waals surface area contributed by atoms with Gasteiger partial charge >= 0.3 is 0 Å². The molecule has 0 amide bonds. The maximum Gasteiger partial charge on any atom is 0.287 e. The van der Waals surface area contributed by atoms with Gasteiger partial charge in [0.1, 0.15) is 5.02 Å². The summed E-state index contributed by atoms with van der Waals surface area (Å²) in [6, 6.07) is 0. The van der Waals surface area contributed by atoms with Crippen LogP contribution in [0.3, 0.4) is 0 Å².